The second kappa shape index (κ2) is 7.71. The first-order valence-electron chi connectivity index (χ1n) is 6.25. The molecule has 4 nitrogen and oxygen atoms in total. The van der Waals surface area contributed by atoms with Crippen LogP contribution in [0.1, 0.15) is 31.7 Å². The van der Waals surface area contributed by atoms with Gasteiger partial charge in [0.05, 0.1) is 0 Å². The number of phenols is 1. The second-order valence-corrected chi connectivity index (χ2v) is 4.28. The van der Waals surface area contributed by atoms with Gasteiger partial charge < -0.3 is 14.9 Å². The van der Waals surface area contributed by atoms with Gasteiger partial charge in [0.2, 0.25) is 0 Å². The molecule has 2 N–H and O–H groups in total. The third-order valence-corrected chi connectivity index (χ3v) is 2.67. The Hall–Kier alpha value is -1.55. The molecule has 0 radical (unpaired) electrons. The number of hydrogen-bond acceptors (Lipinski definition) is 3. The average molecular weight is 252 g/mol. The highest BCUT2D eigenvalue weighted by atomic mass is 16.5. The number of hydrogen-bond donors (Lipinski definition) is 2. The Kier molecular flexibility index (Phi) is 6.22. The molecule has 0 spiro atoms. The van der Waals surface area contributed by atoms with Crippen LogP contribution in [0.3, 0.4) is 0 Å². The van der Waals surface area contributed by atoms with Gasteiger partial charge >= 0.3 is 5.97 Å². The number of carboxylic acids is 1. The molecule has 1 aromatic carbocycles. The van der Waals surface area contributed by atoms with E-state index >= 15 is 0 Å². The Labute approximate surface area is 107 Å². The van der Waals surface area contributed by atoms with E-state index in [1.54, 1.807) is 24.3 Å². The Morgan fingerprint density at radius 3 is 2.78 bits per heavy atom. The van der Waals surface area contributed by atoms with Gasteiger partial charge in [-0.25, -0.2) is 4.79 Å². The maximum Gasteiger partial charge on any atom is 0.333 e. The molecule has 0 amide bonds. The zero-order chi connectivity index (χ0) is 13.4. The molecule has 0 fully saturated rings. The van der Waals surface area contributed by atoms with Crippen molar-refractivity contribution in [2.75, 3.05) is 6.61 Å². The summed E-state index contributed by atoms with van der Waals surface area (Å²) in [5, 5.41) is 18.4. The van der Waals surface area contributed by atoms with Gasteiger partial charge in [0.25, 0.3) is 0 Å². The highest BCUT2D eigenvalue weighted by molar-refractivity contribution is 5.72. The van der Waals surface area contributed by atoms with Crippen LogP contribution >= 0.6 is 0 Å². The number of aromatic hydroxyl groups is 1. The van der Waals surface area contributed by atoms with E-state index in [-0.39, 0.29) is 12.2 Å². The van der Waals surface area contributed by atoms with Gasteiger partial charge in [0.15, 0.2) is 6.10 Å². The minimum atomic E-state index is -0.963. The largest absolute Gasteiger partial charge is 0.508 e. The van der Waals surface area contributed by atoms with Gasteiger partial charge in [-0.3, -0.25) is 0 Å². The monoisotopic (exact) mass is 252 g/mol. The number of ether oxygens (including phenoxy) is 1. The Morgan fingerprint density at radius 1 is 1.39 bits per heavy atom. The van der Waals surface area contributed by atoms with Crippen molar-refractivity contribution < 1.29 is 19.7 Å². The summed E-state index contributed by atoms with van der Waals surface area (Å²) in [7, 11) is 0. The highest BCUT2D eigenvalue weighted by Gasteiger charge is 2.18. The van der Waals surface area contributed by atoms with Crippen LogP contribution in [0, 0.1) is 0 Å². The Balaban J connectivity index is 2.50. The van der Waals surface area contributed by atoms with E-state index in [2.05, 4.69) is 6.92 Å². The second-order valence-electron chi connectivity index (χ2n) is 4.28. The van der Waals surface area contributed by atoms with E-state index < -0.39 is 12.1 Å². The number of aliphatic carboxylic acids is 1. The normalized spacial score (nSPS) is 12.3. The van der Waals surface area contributed by atoms with Crippen LogP contribution in [0.15, 0.2) is 24.3 Å². The fourth-order valence-electron chi connectivity index (χ4n) is 1.69. The molecule has 4 heteroatoms. The quantitative estimate of drug-likeness (QED) is 0.698. The first-order valence-corrected chi connectivity index (χ1v) is 6.25. The van der Waals surface area contributed by atoms with Crippen molar-refractivity contribution in [1.29, 1.82) is 0 Å². The summed E-state index contributed by atoms with van der Waals surface area (Å²) in [5.41, 5.74) is 0.762. The molecular formula is C14H20O4. The summed E-state index contributed by atoms with van der Waals surface area (Å²) >= 11 is 0. The standard InChI is InChI=1S/C14H20O4/c1-2-3-4-8-18-13(14(16)17)10-11-6-5-7-12(15)9-11/h5-7,9,13,15H,2-4,8,10H2,1H3,(H,16,17)/t13-/m1/s1. The van der Waals surface area contributed by atoms with E-state index in [0.29, 0.717) is 6.61 Å². The lowest BCUT2D eigenvalue weighted by Gasteiger charge is -2.13. The lowest BCUT2D eigenvalue weighted by Crippen LogP contribution is -2.26. The molecule has 0 aliphatic carbocycles. The predicted molar refractivity (Wildman–Crippen MR) is 68.7 cm³/mol. The third kappa shape index (κ3) is 5.19. The molecule has 100 valence electrons. The van der Waals surface area contributed by atoms with E-state index in [0.717, 1.165) is 24.8 Å². The SMILES string of the molecule is CCCCCO[C@H](Cc1cccc(O)c1)C(=O)O. The van der Waals surface area contributed by atoms with Crippen molar-refractivity contribution in [3.05, 3.63) is 29.8 Å². The van der Waals surface area contributed by atoms with Crippen LogP contribution in [-0.4, -0.2) is 28.9 Å². The summed E-state index contributed by atoms with van der Waals surface area (Å²) in [5.74, 6) is -0.822. The van der Waals surface area contributed by atoms with Crippen molar-refractivity contribution in [3.63, 3.8) is 0 Å². The van der Waals surface area contributed by atoms with E-state index in [9.17, 15) is 9.90 Å². The summed E-state index contributed by atoms with van der Waals surface area (Å²) < 4.78 is 5.37. The topological polar surface area (TPSA) is 66.8 Å². The van der Waals surface area contributed by atoms with E-state index in [4.69, 9.17) is 9.84 Å². The van der Waals surface area contributed by atoms with Crippen LogP contribution < -0.4 is 0 Å². The number of benzene rings is 1. The molecular weight excluding hydrogens is 232 g/mol. The molecule has 1 rings (SSSR count). The van der Waals surface area contributed by atoms with E-state index in [1.165, 1.54) is 0 Å². The van der Waals surface area contributed by atoms with Crippen LogP contribution in [0.25, 0.3) is 0 Å². The maximum absolute atomic E-state index is 11.1. The van der Waals surface area contributed by atoms with Crippen LogP contribution in [0.2, 0.25) is 0 Å². The van der Waals surface area contributed by atoms with Crippen molar-refractivity contribution in [2.24, 2.45) is 0 Å². The third-order valence-electron chi connectivity index (χ3n) is 2.67. The molecule has 1 atom stereocenters. The van der Waals surface area contributed by atoms with Crippen molar-refractivity contribution in [3.8, 4) is 5.75 Å². The lowest BCUT2D eigenvalue weighted by molar-refractivity contribution is -0.150. The Morgan fingerprint density at radius 2 is 2.17 bits per heavy atom. The first kappa shape index (κ1) is 14.5. The molecule has 0 heterocycles. The predicted octanol–water partition coefficient (Wildman–Crippen LogP) is 2.59. The molecule has 0 aliphatic heterocycles. The zero-order valence-corrected chi connectivity index (χ0v) is 10.6. The number of carbonyl (C=O) groups is 1. The van der Waals surface area contributed by atoms with Gasteiger partial charge in [-0.15, -0.1) is 0 Å². The minimum absolute atomic E-state index is 0.141. The minimum Gasteiger partial charge on any atom is -0.508 e. The number of rotatable bonds is 8. The molecule has 1 aromatic rings. The summed E-state index contributed by atoms with van der Waals surface area (Å²) in [6, 6.07) is 6.60. The summed E-state index contributed by atoms with van der Waals surface area (Å²) in [6.07, 6.45) is 2.42. The number of carboxylic acid groups (broad SMARTS) is 1. The Bertz CT molecular complexity index is 376. The highest BCUT2D eigenvalue weighted by Crippen LogP contribution is 2.14. The van der Waals surface area contributed by atoms with Crippen molar-refractivity contribution >= 4 is 5.97 Å². The number of phenolic OH excluding ortho intramolecular Hbond substituents is 1. The average Bonchev–Trinajstić information content (AvgIpc) is 2.33. The van der Waals surface area contributed by atoms with Gasteiger partial charge in [-0.05, 0) is 24.1 Å². The zero-order valence-electron chi connectivity index (χ0n) is 10.6. The number of unbranched alkanes of at least 4 members (excludes halogenated alkanes) is 2. The fourth-order valence-corrected chi connectivity index (χ4v) is 1.69. The van der Waals surface area contributed by atoms with Crippen molar-refractivity contribution in [2.45, 2.75) is 38.7 Å². The molecule has 0 saturated heterocycles. The van der Waals surface area contributed by atoms with Crippen LogP contribution in [0.5, 0.6) is 5.75 Å². The van der Waals surface area contributed by atoms with Gasteiger partial charge in [0, 0.05) is 13.0 Å². The molecule has 0 aromatic heterocycles. The van der Waals surface area contributed by atoms with Gasteiger partial charge in [0.1, 0.15) is 5.75 Å². The lowest BCUT2D eigenvalue weighted by atomic mass is 10.1. The smallest absolute Gasteiger partial charge is 0.333 e. The van der Waals surface area contributed by atoms with Crippen LogP contribution in [0.4, 0.5) is 0 Å². The molecule has 0 aliphatic rings. The van der Waals surface area contributed by atoms with E-state index in [1.807, 2.05) is 0 Å². The summed E-state index contributed by atoms with van der Waals surface area (Å²) in [6.45, 7) is 2.55. The molecule has 0 unspecified atom stereocenters. The summed E-state index contributed by atoms with van der Waals surface area (Å²) in [4.78, 5) is 11.1. The van der Waals surface area contributed by atoms with Gasteiger partial charge in [-0.1, -0.05) is 31.9 Å². The first-order chi connectivity index (χ1) is 8.63. The van der Waals surface area contributed by atoms with Crippen molar-refractivity contribution in [1.82, 2.24) is 0 Å². The fraction of sp³-hybridized carbons (Fsp3) is 0.500. The molecule has 0 saturated carbocycles. The van der Waals surface area contributed by atoms with Crippen LogP contribution in [-0.2, 0) is 16.0 Å². The maximum atomic E-state index is 11.1. The molecule has 18 heavy (non-hydrogen) atoms. The molecule has 0 bridgehead atoms. The van der Waals surface area contributed by atoms with Gasteiger partial charge in [-0.2, -0.15) is 0 Å².